The molecule has 0 aromatic heterocycles. The largest absolute Gasteiger partial charge is 0.467 e. The van der Waals surface area contributed by atoms with Gasteiger partial charge in [0, 0.05) is 36.3 Å². The van der Waals surface area contributed by atoms with Crippen LogP contribution >= 0.6 is 0 Å². The van der Waals surface area contributed by atoms with E-state index in [4.69, 9.17) is 9.47 Å². The number of nitrogens with zero attached hydrogens (tertiary/aromatic N) is 2. The van der Waals surface area contributed by atoms with Gasteiger partial charge >= 0.3 is 0 Å². The summed E-state index contributed by atoms with van der Waals surface area (Å²) in [5.41, 5.74) is 1.60. The molecule has 1 aliphatic rings. The average molecular weight is 440 g/mol. The van der Waals surface area contributed by atoms with Gasteiger partial charge in [-0.05, 0) is 17.7 Å². The predicted octanol–water partition coefficient (Wildman–Crippen LogP) is 3.85. The molecule has 3 aromatic carbocycles. The third-order valence-electron chi connectivity index (χ3n) is 4.91. The van der Waals surface area contributed by atoms with Crippen molar-refractivity contribution in [3.63, 3.8) is 0 Å². The van der Waals surface area contributed by atoms with Gasteiger partial charge in [-0.2, -0.15) is 4.31 Å². The van der Waals surface area contributed by atoms with E-state index in [1.807, 2.05) is 30.3 Å². The van der Waals surface area contributed by atoms with E-state index >= 15 is 0 Å². The molecule has 0 fully saturated rings. The number of nitro benzene ring substituents is 1. The Morgan fingerprint density at radius 1 is 0.968 bits per heavy atom. The minimum atomic E-state index is -3.88. The molecule has 8 nitrogen and oxygen atoms in total. The van der Waals surface area contributed by atoms with Crippen LogP contribution in [0.25, 0.3) is 0 Å². The Bertz CT molecular complexity index is 1180. The highest BCUT2D eigenvalue weighted by Crippen LogP contribution is 2.34. The monoisotopic (exact) mass is 440 g/mol. The van der Waals surface area contributed by atoms with Crippen molar-refractivity contribution in [1.29, 1.82) is 0 Å². The Hall–Kier alpha value is -3.27. The van der Waals surface area contributed by atoms with Crippen LogP contribution in [-0.2, 0) is 34.5 Å². The Balaban J connectivity index is 1.78. The lowest BCUT2D eigenvalue weighted by Crippen LogP contribution is -2.31. The summed E-state index contributed by atoms with van der Waals surface area (Å²) in [5, 5.41) is 11.4. The SMILES string of the molecule is O=[N+]([O-])c1cc2c(c(CN(Cc3ccccc3)S(=O)(=O)c3ccccc3)c1)OCOC2. The third kappa shape index (κ3) is 4.58. The van der Waals surface area contributed by atoms with Gasteiger partial charge in [0.1, 0.15) is 5.75 Å². The molecule has 0 radical (unpaired) electrons. The second-order valence-corrected chi connectivity index (χ2v) is 8.97. The first kappa shape index (κ1) is 21.0. The number of ether oxygens (including phenoxy) is 2. The standard InChI is InChI=1S/C22H20N2O6S/c25-24(26)20-11-18(22-19(12-20)15-29-16-30-22)14-23(13-17-7-3-1-4-8-17)31(27,28)21-9-5-2-6-10-21/h1-12H,13-16H2. The lowest BCUT2D eigenvalue weighted by molar-refractivity contribution is -0.385. The average Bonchev–Trinajstić information content (AvgIpc) is 2.79. The molecular formula is C22H20N2O6S. The van der Waals surface area contributed by atoms with Crippen LogP contribution < -0.4 is 4.74 Å². The summed E-state index contributed by atoms with van der Waals surface area (Å²) in [4.78, 5) is 11.1. The van der Waals surface area contributed by atoms with Crippen LogP contribution in [0.1, 0.15) is 16.7 Å². The molecule has 0 amide bonds. The van der Waals surface area contributed by atoms with Crippen LogP contribution in [0.2, 0.25) is 0 Å². The fourth-order valence-electron chi connectivity index (χ4n) is 3.45. The lowest BCUT2D eigenvalue weighted by Gasteiger charge is -2.26. The topological polar surface area (TPSA) is 99.0 Å². The van der Waals surface area contributed by atoms with Crippen LogP contribution in [-0.4, -0.2) is 24.4 Å². The van der Waals surface area contributed by atoms with Crippen LogP contribution in [0, 0.1) is 10.1 Å². The summed E-state index contributed by atoms with van der Waals surface area (Å²) in [6.07, 6.45) is 0. The number of fused-ring (bicyclic) bond motifs is 1. The van der Waals surface area contributed by atoms with Crippen molar-refractivity contribution >= 4 is 15.7 Å². The van der Waals surface area contributed by atoms with Crippen LogP contribution in [0.3, 0.4) is 0 Å². The van der Waals surface area contributed by atoms with Gasteiger partial charge in [-0.1, -0.05) is 48.5 Å². The van der Waals surface area contributed by atoms with E-state index in [1.54, 1.807) is 18.2 Å². The Kier molecular flexibility index (Phi) is 5.99. The van der Waals surface area contributed by atoms with Gasteiger partial charge in [0.2, 0.25) is 10.0 Å². The summed E-state index contributed by atoms with van der Waals surface area (Å²) >= 11 is 0. The Morgan fingerprint density at radius 3 is 2.32 bits per heavy atom. The molecule has 4 rings (SSSR count). The number of benzene rings is 3. The zero-order valence-electron chi connectivity index (χ0n) is 16.5. The molecule has 1 aliphatic heterocycles. The lowest BCUT2D eigenvalue weighted by atomic mass is 10.1. The highest BCUT2D eigenvalue weighted by Gasteiger charge is 2.28. The second-order valence-electron chi connectivity index (χ2n) is 7.03. The first-order chi connectivity index (χ1) is 14.9. The van der Waals surface area contributed by atoms with Crippen LogP contribution in [0.4, 0.5) is 5.69 Å². The van der Waals surface area contributed by atoms with Crippen molar-refractivity contribution in [3.8, 4) is 5.75 Å². The van der Waals surface area contributed by atoms with Crippen LogP contribution in [0.5, 0.6) is 5.75 Å². The quantitative estimate of drug-likeness (QED) is 0.409. The van der Waals surface area contributed by atoms with Crippen molar-refractivity contribution in [2.75, 3.05) is 6.79 Å². The minimum absolute atomic E-state index is 0.00192. The molecule has 9 heteroatoms. The third-order valence-corrected chi connectivity index (χ3v) is 6.72. The maximum absolute atomic E-state index is 13.5. The van der Waals surface area contributed by atoms with E-state index in [0.717, 1.165) is 5.56 Å². The van der Waals surface area contributed by atoms with E-state index in [9.17, 15) is 18.5 Å². The molecule has 0 saturated carbocycles. The summed E-state index contributed by atoms with van der Waals surface area (Å²) in [5.74, 6) is 0.429. The molecule has 0 N–H and O–H groups in total. The van der Waals surface area contributed by atoms with E-state index in [-0.39, 0.29) is 37.1 Å². The molecule has 0 unspecified atom stereocenters. The molecule has 160 valence electrons. The second kappa shape index (κ2) is 8.84. The molecule has 0 spiro atoms. The number of sulfonamides is 1. The van der Waals surface area contributed by atoms with E-state index in [1.165, 1.54) is 28.6 Å². The van der Waals surface area contributed by atoms with E-state index in [0.29, 0.717) is 16.9 Å². The first-order valence-corrected chi connectivity index (χ1v) is 11.0. The number of hydrogen-bond donors (Lipinski definition) is 0. The zero-order chi connectivity index (χ0) is 21.8. The molecule has 1 heterocycles. The highest BCUT2D eigenvalue weighted by molar-refractivity contribution is 7.89. The number of rotatable bonds is 7. The first-order valence-electron chi connectivity index (χ1n) is 9.55. The molecule has 31 heavy (non-hydrogen) atoms. The maximum atomic E-state index is 13.5. The van der Waals surface area contributed by atoms with Crippen LogP contribution in [0.15, 0.2) is 77.7 Å². The van der Waals surface area contributed by atoms with Crippen molar-refractivity contribution in [1.82, 2.24) is 4.31 Å². The fraction of sp³-hybridized carbons (Fsp3) is 0.182. The highest BCUT2D eigenvalue weighted by atomic mass is 32.2. The van der Waals surface area contributed by atoms with Gasteiger partial charge in [-0.15, -0.1) is 0 Å². The maximum Gasteiger partial charge on any atom is 0.270 e. The number of nitro groups is 1. The van der Waals surface area contributed by atoms with Gasteiger partial charge < -0.3 is 9.47 Å². The Morgan fingerprint density at radius 2 is 1.65 bits per heavy atom. The minimum Gasteiger partial charge on any atom is -0.467 e. The summed E-state index contributed by atoms with van der Waals surface area (Å²) in [6, 6.07) is 20.1. The Labute approximate surface area is 179 Å². The molecular weight excluding hydrogens is 420 g/mol. The summed E-state index contributed by atoms with van der Waals surface area (Å²) in [7, 11) is -3.88. The van der Waals surface area contributed by atoms with Crippen molar-refractivity contribution < 1.29 is 22.8 Å². The van der Waals surface area contributed by atoms with Crippen molar-refractivity contribution in [3.05, 3.63) is 99.6 Å². The summed E-state index contributed by atoms with van der Waals surface area (Å²) in [6.45, 7) is 0.179. The zero-order valence-corrected chi connectivity index (χ0v) is 17.3. The predicted molar refractivity (Wildman–Crippen MR) is 113 cm³/mol. The van der Waals surface area contributed by atoms with Gasteiger partial charge in [-0.3, -0.25) is 10.1 Å². The van der Waals surface area contributed by atoms with E-state index < -0.39 is 14.9 Å². The van der Waals surface area contributed by atoms with Gasteiger partial charge in [0.15, 0.2) is 6.79 Å². The molecule has 3 aromatic rings. The fourth-order valence-corrected chi connectivity index (χ4v) is 4.88. The number of hydrogen-bond acceptors (Lipinski definition) is 6. The van der Waals surface area contributed by atoms with Crippen molar-refractivity contribution in [2.24, 2.45) is 0 Å². The van der Waals surface area contributed by atoms with Gasteiger partial charge in [0.05, 0.1) is 16.4 Å². The van der Waals surface area contributed by atoms with Crippen molar-refractivity contribution in [2.45, 2.75) is 24.6 Å². The molecule has 0 aliphatic carbocycles. The van der Waals surface area contributed by atoms with Gasteiger partial charge in [-0.25, -0.2) is 8.42 Å². The molecule has 0 atom stereocenters. The smallest absolute Gasteiger partial charge is 0.270 e. The van der Waals surface area contributed by atoms with E-state index in [2.05, 4.69) is 0 Å². The summed E-state index contributed by atoms with van der Waals surface area (Å²) < 4.78 is 39.0. The van der Waals surface area contributed by atoms with Gasteiger partial charge in [0.25, 0.3) is 5.69 Å². The normalized spacial score (nSPS) is 13.5. The molecule has 0 bridgehead atoms. The number of non-ortho nitro benzene ring substituents is 1. The molecule has 0 saturated heterocycles.